The Morgan fingerprint density at radius 3 is 2.67 bits per heavy atom. The van der Waals surface area contributed by atoms with E-state index in [0.717, 1.165) is 6.42 Å². The molecule has 0 fully saturated rings. The van der Waals surface area contributed by atoms with Crippen LogP contribution >= 0.6 is 0 Å². The number of phenols is 1. The zero-order chi connectivity index (χ0) is 19.1. The molecule has 7 nitrogen and oxygen atoms in total. The van der Waals surface area contributed by atoms with Crippen LogP contribution in [0.25, 0.3) is 0 Å². The molecule has 0 spiro atoms. The summed E-state index contributed by atoms with van der Waals surface area (Å²) in [6, 6.07) is 8.24. The highest BCUT2D eigenvalue weighted by molar-refractivity contribution is 5.74. The second kappa shape index (κ2) is 6.50. The van der Waals surface area contributed by atoms with Gasteiger partial charge < -0.3 is 19.9 Å². The van der Waals surface area contributed by atoms with Crippen molar-refractivity contribution in [1.82, 2.24) is 0 Å². The molecule has 1 aliphatic heterocycles. The van der Waals surface area contributed by atoms with E-state index in [9.17, 15) is 15.2 Å². The van der Waals surface area contributed by atoms with E-state index in [1.807, 2.05) is 24.3 Å². The van der Waals surface area contributed by atoms with Crippen molar-refractivity contribution in [3.05, 3.63) is 63.7 Å². The minimum atomic E-state index is -0.355. The summed E-state index contributed by atoms with van der Waals surface area (Å²) in [6.45, 7) is 0. The van der Waals surface area contributed by atoms with E-state index >= 15 is 0 Å². The molecule has 2 N–H and O–H groups in total. The number of ether oxygens (including phenoxy) is 2. The lowest BCUT2D eigenvalue weighted by molar-refractivity contribution is -0.385. The first-order chi connectivity index (χ1) is 13.1. The fraction of sp³-hybridized carbons (Fsp3) is 0.300. The highest BCUT2D eigenvalue weighted by Gasteiger charge is 2.43. The molecular weight excluding hydrogens is 348 g/mol. The average molecular weight is 368 g/mol. The second-order valence-electron chi connectivity index (χ2n) is 6.71. The number of methoxy groups -OCH3 is 2. The Morgan fingerprint density at radius 1 is 1.19 bits per heavy atom. The lowest BCUT2D eigenvalue weighted by Gasteiger charge is -2.38. The van der Waals surface area contributed by atoms with Gasteiger partial charge in [0.15, 0.2) is 11.5 Å². The molecule has 0 radical (unpaired) electrons. The minimum Gasteiger partial charge on any atom is -0.504 e. The number of phenolic OH excluding ortho intramolecular Hbond substituents is 1. The molecule has 27 heavy (non-hydrogen) atoms. The van der Waals surface area contributed by atoms with Crippen molar-refractivity contribution in [2.24, 2.45) is 5.92 Å². The van der Waals surface area contributed by atoms with Crippen LogP contribution in [-0.4, -0.2) is 24.2 Å². The molecule has 1 aliphatic carbocycles. The number of rotatable bonds is 4. The maximum Gasteiger partial charge on any atom is 0.275 e. The Balaban J connectivity index is 1.90. The number of allylic oxidation sites excluding steroid dienone is 2. The van der Waals surface area contributed by atoms with Crippen LogP contribution in [-0.2, 0) is 0 Å². The first-order valence-electron chi connectivity index (χ1n) is 8.71. The van der Waals surface area contributed by atoms with Crippen molar-refractivity contribution >= 4 is 11.4 Å². The third kappa shape index (κ3) is 2.58. The van der Waals surface area contributed by atoms with E-state index in [-0.39, 0.29) is 34.2 Å². The molecule has 3 atom stereocenters. The highest BCUT2D eigenvalue weighted by Crippen LogP contribution is 2.56. The topological polar surface area (TPSA) is 93.9 Å². The molecule has 2 aliphatic rings. The first-order valence-corrected chi connectivity index (χ1v) is 8.71. The van der Waals surface area contributed by atoms with Crippen LogP contribution in [0.5, 0.6) is 17.2 Å². The summed E-state index contributed by atoms with van der Waals surface area (Å²) in [7, 11) is 3.05. The number of para-hydroxylation sites is 1. The van der Waals surface area contributed by atoms with Gasteiger partial charge in [-0.15, -0.1) is 0 Å². The van der Waals surface area contributed by atoms with E-state index in [1.165, 1.54) is 20.3 Å². The Hall–Kier alpha value is -3.22. The summed E-state index contributed by atoms with van der Waals surface area (Å²) in [5.74, 6) is 0.931. The first kappa shape index (κ1) is 17.2. The Morgan fingerprint density at radius 2 is 1.96 bits per heavy atom. The Kier molecular flexibility index (Phi) is 4.14. The third-order valence-electron chi connectivity index (χ3n) is 5.46. The van der Waals surface area contributed by atoms with Crippen LogP contribution in [0.2, 0.25) is 0 Å². The number of hydrogen-bond donors (Lipinski definition) is 2. The molecule has 0 bridgehead atoms. The quantitative estimate of drug-likeness (QED) is 0.478. The molecule has 0 aromatic heterocycles. The Bertz CT molecular complexity index is 940. The van der Waals surface area contributed by atoms with Crippen LogP contribution in [0.3, 0.4) is 0 Å². The predicted octanol–water partition coefficient (Wildman–Crippen LogP) is 4.14. The summed E-state index contributed by atoms with van der Waals surface area (Å²) < 4.78 is 10.7. The predicted molar refractivity (Wildman–Crippen MR) is 101 cm³/mol. The number of benzene rings is 2. The lowest BCUT2D eigenvalue weighted by atomic mass is 9.76. The normalized spacial score (nSPS) is 22.5. The zero-order valence-corrected chi connectivity index (χ0v) is 15.0. The number of nitrogens with zero attached hydrogens (tertiary/aromatic N) is 1. The van der Waals surface area contributed by atoms with Gasteiger partial charge in [0.1, 0.15) is 5.75 Å². The van der Waals surface area contributed by atoms with E-state index in [4.69, 9.17) is 9.47 Å². The van der Waals surface area contributed by atoms with Crippen LogP contribution in [0.15, 0.2) is 42.5 Å². The number of hydrogen-bond acceptors (Lipinski definition) is 6. The summed E-state index contributed by atoms with van der Waals surface area (Å²) in [5.41, 5.74) is 2.02. The van der Waals surface area contributed by atoms with Crippen LogP contribution in [0.4, 0.5) is 11.4 Å². The maximum atomic E-state index is 11.6. The standard InChI is InChI=1S/C20H20N2O5/c1-26-15-10-9-14(22(24)25)17-11-5-3-6-12(11)18(21-19(15)17)13-7-4-8-16(27-2)20(13)23/h3-5,7-12,18,21,23H,6H2,1-2H3. The van der Waals surface area contributed by atoms with Crippen molar-refractivity contribution in [3.63, 3.8) is 0 Å². The number of anilines is 1. The van der Waals surface area contributed by atoms with Crippen LogP contribution < -0.4 is 14.8 Å². The molecular formula is C20H20N2O5. The zero-order valence-electron chi connectivity index (χ0n) is 15.0. The summed E-state index contributed by atoms with van der Waals surface area (Å²) in [4.78, 5) is 11.3. The number of fused-ring (bicyclic) bond motifs is 3. The maximum absolute atomic E-state index is 11.6. The van der Waals surface area contributed by atoms with Crippen LogP contribution in [0, 0.1) is 16.0 Å². The van der Waals surface area contributed by atoms with Crippen molar-refractivity contribution in [3.8, 4) is 17.2 Å². The number of nitrogens with one attached hydrogen (secondary N) is 1. The van der Waals surface area contributed by atoms with Crippen molar-refractivity contribution in [2.45, 2.75) is 18.4 Å². The minimum absolute atomic E-state index is 0.0429. The summed E-state index contributed by atoms with van der Waals surface area (Å²) in [5, 5.41) is 25.7. The van der Waals surface area contributed by atoms with E-state index in [2.05, 4.69) is 5.32 Å². The third-order valence-corrected chi connectivity index (χ3v) is 5.46. The molecule has 2 aromatic rings. The van der Waals surface area contributed by atoms with Gasteiger partial charge in [0.25, 0.3) is 5.69 Å². The fourth-order valence-electron chi connectivity index (χ4n) is 4.26. The highest BCUT2D eigenvalue weighted by atomic mass is 16.6. The van der Waals surface area contributed by atoms with E-state index in [0.29, 0.717) is 28.3 Å². The molecule has 2 aromatic carbocycles. The average Bonchev–Trinajstić information content (AvgIpc) is 3.16. The summed E-state index contributed by atoms with van der Waals surface area (Å²) in [6.07, 6.45) is 4.81. The van der Waals surface area contributed by atoms with E-state index < -0.39 is 0 Å². The summed E-state index contributed by atoms with van der Waals surface area (Å²) >= 11 is 0. The largest absolute Gasteiger partial charge is 0.504 e. The van der Waals surface area contributed by atoms with Crippen molar-refractivity contribution < 1.29 is 19.5 Å². The van der Waals surface area contributed by atoms with Gasteiger partial charge in [-0.05, 0) is 24.5 Å². The van der Waals surface area contributed by atoms with Gasteiger partial charge >= 0.3 is 0 Å². The van der Waals surface area contributed by atoms with Gasteiger partial charge in [0.2, 0.25) is 0 Å². The SMILES string of the molecule is COc1cccc(C2Nc3c(OC)ccc([N+](=O)[O-])c3C3C=CCC32)c1O. The number of nitro benzene ring substituents is 1. The number of nitro groups is 1. The Labute approximate surface area is 156 Å². The molecule has 0 saturated heterocycles. The van der Waals surface area contributed by atoms with E-state index in [1.54, 1.807) is 12.1 Å². The number of aromatic hydroxyl groups is 1. The molecule has 0 saturated carbocycles. The molecule has 3 unspecified atom stereocenters. The van der Waals surface area contributed by atoms with Gasteiger partial charge in [-0.25, -0.2) is 0 Å². The van der Waals surface area contributed by atoms with Crippen molar-refractivity contribution in [2.75, 3.05) is 19.5 Å². The molecule has 4 rings (SSSR count). The van der Waals surface area contributed by atoms with Gasteiger partial charge in [-0.3, -0.25) is 10.1 Å². The second-order valence-corrected chi connectivity index (χ2v) is 6.71. The van der Waals surface area contributed by atoms with Gasteiger partial charge in [-0.1, -0.05) is 24.3 Å². The molecule has 0 amide bonds. The smallest absolute Gasteiger partial charge is 0.275 e. The van der Waals surface area contributed by atoms with Gasteiger partial charge in [0, 0.05) is 17.5 Å². The van der Waals surface area contributed by atoms with Gasteiger partial charge in [0.05, 0.1) is 36.4 Å². The fourth-order valence-corrected chi connectivity index (χ4v) is 4.26. The molecule has 7 heteroatoms. The molecule has 1 heterocycles. The monoisotopic (exact) mass is 368 g/mol. The van der Waals surface area contributed by atoms with Gasteiger partial charge in [-0.2, -0.15) is 0 Å². The van der Waals surface area contributed by atoms with Crippen LogP contribution in [0.1, 0.15) is 29.5 Å². The lowest BCUT2D eigenvalue weighted by Crippen LogP contribution is -2.30. The van der Waals surface area contributed by atoms with Crippen molar-refractivity contribution in [1.29, 1.82) is 0 Å². The molecule has 140 valence electrons.